The van der Waals surface area contributed by atoms with Crippen LogP contribution in [-0.2, 0) is 13.1 Å². The number of rotatable bonds is 1. The summed E-state index contributed by atoms with van der Waals surface area (Å²) in [6, 6.07) is 8.49. The Bertz CT molecular complexity index is 576. The second-order valence-electron chi connectivity index (χ2n) is 4.52. The van der Waals surface area contributed by atoms with E-state index < -0.39 is 0 Å². The molecule has 86 valence electrons. The van der Waals surface area contributed by atoms with Gasteiger partial charge < -0.3 is 5.32 Å². The van der Waals surface area contributed by atoms with Crippen LogP contribution < -0.4 is 5.32 Å². The van der Waals surface area contributed by atoms with Crippen molar-refractivity contribution in [1.29, 1.82) is 0 Å². The Morgan fingerprint density at radius 1 is 1.12 bits per heavy atom. The van der Waals surface area contributed by atoms with Gasteiger partial charge in [0.15, 0.2) is 0 Å². The van der Waals surface area contributed by atoms with Crippen molar-refractivity contribution in [2.45, 2.75) is 26.9 Å². The fourth-order valence-electron chi connectivity index (χ4n) is 2.32. The fraction of sp³-hybridized carbons (Fsp3) is 0.286. The number of aryl methyl sites for hydroxylation is 2. The number of nitrogens with zero attached hydrogens (tertiary/aromatic N) is 2. The normalized spacial score (nSPS) is 13.8. The van der Waals surface area contributed by atoms with Crippen molar-refractivity contribution in [3.8, 4) is 11.3 Å². The van der Waals surface area contributed by atoms with Crippen LogP contribution in [0.1, 0.15) is 22.6 Å². The molecule has 0 unspecified atom stereocenters. The molecule has 1 aromatic carbocycles. The van der Waals surface area contributed by atoms with E-state index in [2.05, 4.69) is 46.5 Å². The molecule has 0 saturated carbocycles. The van der Waals surface area contributed by atoms with Crippen molar-refractivity contribution in [1.82, 2.24) is 15.3 Å². The van der Waals surface area contributed by atoms with Crippen molar-refractivity contribution in [2.24, 2.45) is 0 Å². The minimum absolute atomic E-state index is 0.851. The van der Waals surface area contributed by atoms with Crippen LogP contribution in [0.3, 0.4) is 0 Å². The molecule has 1 aliphatic rings. The SMILES string of the molecule is Cc1cccc(-c2nc(C)nc3c2CNC3)c1. The monoisotopic (exact) mass is 225 g/mol. The van der Waals surface area contributed by atoms with Gasteiger partial charge in [0.1, 0.15) is 5.82 Å². The van der Waals surface area contributed by atoms with Crippen LogP contribution in [0, 0.1) is 13.8 Å². The first kappa shape index (κ1) is 10.4. The molecule has 3 heteroatoms. The third kappa shape index (κ3) is 1.83. The van der Waals surface area contributed by atoms with E-state index in [0.29, 0.717) is 0 Å². The van der Waals surface area contributed by atoms with E-state index in [1.165, 1.54) is 16.7 Å². The number of fused-ring (bicyclic) bond motifs is 1. The Morgan fingerprint density at radius 2 is 2.00 bits per heavy atom. The van der Waals surface area contributed by atoms with Gasteiger partial charge in [-0.15, -0.1) is 0 Å². The van der Waals surface area contributed by atoms with Gasteiger partial charge in [-0.25, -0.2) is 9.97 Å². The van der Waals surface area contributed by atoms with E-state index in [4.69, 9.17) is 0 Å². The Hall–Kier alpha value is -1.74. The average Bonchev–Trinajstić information content (AvgIpc) is 2.75. The molecule has 0 radical (unpaired) electrons. The minimum Gasteiger partial charge on any atom is -0.307 e. The molecule has 1 N–H and O–H groups in total. The number of aromatic nitrogens is 2. The highest BCUT2D eigenvalue weighted by molar-refractivity contribution is 5.65. The molecule has 0 atom stereocenters. The summed E-state index contributed by atoms with van der Waals surface area (Å²) in [4.78, 5) is 9.09. The van der Waals surface area contributed by atoms with Crippen molar-refractivity contribution in [3.63, 3.8) is 0 Å². The number of benzene rings is 1. The molecule has 0 spiro atoms. The zero-order valence-electron chi connectivity index (χ0n) is 10.1. The summed E-state index contributed by atoms with van der Waals surface area (Å²) >= 11 is 0. The third-order valence-electron chi connectivity index (χ3n) is 3.09. The van der Waals surface area contributed by atoms with E-state index in [1.807, 2.05) is 6.92 Å². The molecular weight excluding hydrogens is 210 g/mol. The topological polar surface area (TPSA) is 37.8 Å². The van der Waals surface area contributed by atoms with Crippen LogP contribution in [0.2, 0.25) is 0 Å². The third-order valence-corrected chi connectivity index (χ3v) is 3.09. The van der Waals surface area contributed by atoms with Gasteiger partial charge in [-0.1, -0.05) is 23.8 Å². The highest BCUT2D eigenvalue weighted by Gasteiger charge is 2.18. The van der Waals surface area contributed by atoms with Gasteiger partial charge in [0.05, 0.1) is 11.4 Å². The smallest absolute Gasteiger partial charge is 0.126 e. The van der Waals surface area contributed by atoms with Crippen LogP contribution in [-0.4, -0.2) is 9.97 Å². The highest BCUT2D eigenvalue weighted by atomic mass is 15.0. The summed E-state index contributed by atoms with van der Waals surface area (Å²) in [6.07, 6.45) is 0. The Labute approximate surface area is 101 Å². The predicted molar refractivity (Wildman–Crippen MR) is 67.5 cm³/mol. The van der Waals surface area contributed by atoms with Crippen LogP contribution >= 0.6 is 0 Å². The molecule has 0 amide bonds. The molecule has 0 fully saturated rings. The molecule has 1 aliphatic heterocycles. The summed E-state index contributed by atoms with van der Waals surface area (Å²) in [5.74, 6) is 0.851. The molecule has 0 aliphatic carbocycles. The maximum absolute atomic E-state index is 4.61. The quantitative estimate of drug-likeness (QED) is 0.809. The molecule has 1 aromatic heterocycles. The standard InChI is InChI=1S/C14H15N3/c1-9-4-3-5-11(6-9)14-12-7-15-8-13(12)16-10(2)17-14/h3-6,15H,7-8H2,1-2H3. The largest absolute Gasteiger partial charge is 0.307 e. The van der Waals surface area contributed by atoms with Crippen molar-refractivity contribution >= 4 is 0 Å². The zero-order chi connectivity index (χ0) is 11.8. The summed E-state index contributed by atoms with van der Waals surface area (Å²) in [5.41, 5.74) is 5.94. The summed E-state index contributed by atoms with van der Waals surface area (Å²) in [7, 11) is 0. The first-order valence-electron chi connectivity index (χ1n) is 5.88. The molecule has 0 saturated heterocycles. The maximum atomic E-state index is 4.61. The van der Waals surface area contributed by atoms with E-state index in [1.54, 1.807) is 0 Å². The lowest BCUT2D eigenvalue weighted by molar-refractivity contribution is 0.757. The van der Waals surface area contributed by atoms with Gasteiger partial charge in [-0.05, 0) is 19.9 Å². The Balaban J connectivity index is 2.21. The van der Waals surface area contributed by atoms with Gasteiger partial charge in [-0.3, -0.25) is 0 Å². The minimum atomic E-state index is 0.851. The van der Waals surface area contributed by atoms with Gasteiger partial charge in [0.2, 0.25) is 0 Å². The lowest BCUT2D eigenvalue weighted by Crippen LogP contribution is -2.00. The van der Waals surface area contributed by atoms with Crippen molar-refractivity contribution in [3.05, 3.63) is 46.9 Å². The maximum Gasteiger partial charge on any atom is 0.126 e. The second kappa shape index (κ2) is 3.93. The molecule has 3 rings (SSSR count). The van der Waals surface area contributed by atoms with Crippen LogP contribution in [0.15, 0.2) is 24.3 Å². The molecule has 2 heterocycles. The van der Waals surface area contributed by atoms with Crippen LogP contribution in [0.25, 0.3) is 11.3 Å². The lowest BCUT2D eigenvalue weighted by Gasteiger charge is -2.08. The van der Waals surface area contributed by atoms with E-state index in [9.17, 15) is 0 Å². The van der Waals surface area contributed by atoms with E-state index in [-0.39, 0.29) is 0 Å². The summed E-state index contributed by atoms with van der Waals surface area (Å²) in [6.45, 7) is 5.80. The average molecular weight is 225 g/mol. The molecule has 3 nitrogen and oxygen atoms in total. The highest BCUT2D eigenvalue weighted by Crippen LogP contribution is 2.26. The fourth-order valence-corrected chi connectivity index (χ4v) is 2.32. The van der Waals surface area contributed by atoms with Crippen molar-refractivity contribution in [2.75, 3.05) is 0 Å². The first-order valence-corrected chi connectivity index (χ1v) is 5.88. The summed E-state index contributed by atoms with van der Waals surface area (Å²) in [5, 5.41) is 3.34. The van der Waals surface area contributed by atoms with Gasteiger partial charge in [-0.2, -0.15) is 0 Å². The predicted octanol–water partition coefficient (Wildman–Crippen LogP) is 2.36. The molecule has 2 aromatic rings. The summed E-state index contributed by atoms with van der Waals surface area (Å²) < 4.78 is 0. The number of hydrogen-bond acceptors (Lipinski definition) is 3. The Kier molecular flexibility index (Phi) is 2.41. The van der Waals surface area contributed by atoms with Crippen molar-refractivity contribution < 1.29 is 0 Å². The van der Waals surface area contributed by atoms with Gasteiger partial charge >= 0.3 is 0 Å². The Morgan fingerprint density at radius 3 is 2.82 bits per heavy atom. The molecule has 0 bridgehead atoms. The van der Waals surface area contributed by atoms with E-state index in [0.717, 1.165) is 30.3 Å². The van der Waals surface area contributed by atoms with Crippen LogP contribution in [0.5, 0.6) is 0 Å². The molecule has 17 heavy (non-hydrogen) atoms. The number of hydrogen-bond donors (Lipinski definition) is 1. The zero-order valence-corrected chi connectivity index (χ0v) is 10.1. The number of nitrogens with one attached hydrogen (secondary N) is 1. The second-order valence-corrected chi connectivity index (χ2v) is 4.52. The van der Waals surface area contributed by atoms with E-state index >= 15 is 0 Å². The van der Waals surface area contributed by atoms with Crippen LogP contribution in [0.4, 0.5) is 0 Å². The molecular formula is C14H15N3. The van der Waals surface area contributed by atoms with Gasteiger partial charge in [0, 0.05) is 24.2 Å². The first-order chi connectivity index (χ1) is 8.24. The van der Waals surface area contributed by atoms with Gasteiger partial charge in [0.25, 0.3) is 0 Å². The lowest BCUT2D eigenvalue weighted by atomic mass is 10.0.